The van der Waals surface area contributed by atoms with Crippen LogP contribution in [0.1, 0.15) is 6.42 Å². The van der Waals surface area contributed by atoms with Crippen molar-refractivity contribution in [1.29, 1.82) is 0 Å². The van der Waals surface area contributed by atoms with Gasteiger partial charge in [-0.1, -0.05) is 18.2 Å². The Morgan fingerprint density at radius 1 is 1.09 bits per heavy atom. The van der Waals surface area contributed by atoms with Crippen LogP contribution in [0.3, 0.4) is 0 Å². The minimum absolute atomic E-state index is 0.0898. The highest BCUT2D eigenvalue weighted by molar-refractivity contribution is 5.98. The Balaban J connectivity index is 1.89. The van der Waals surface area contributed by atoms with Crippen molar-refractivity contribution in [3.05, 3.63) is 66.7 Å². The molecule has 2 aromatic carbocycles. The molecule has 0 aliphatic heterocycles. The van der Waals surface area contributed by atoms with Crippen molar-refractivity contribution in [2.24, 2.45) is 0 Å². The molecule has 0 aliphatic rings. The molecule has 0 aliphatic carbocycles. The largest absolute Gasteiger partial charge is 0.494 e. The maximum absolute atomic E-state index is 14.5. The van der Waals surface area contributed by atoms with Crippen molar-refractivity contribution in [1.82, 2.24) is 20.3 Å². The number of methoxy groups -OCH3 is 1. The number of aromatic nitrogens is 3. The SMILES string of the molecule is CNC(=O)CCNc1nc(-c2cccnc2)nc2c(OC)cc(-c3ccccc3F)cc12. The molecule has 4 aromatic rings. The van der Waals surface area contributed by atoms with E-state index in [1.165, 1.54) is 6.07 Å². The second-order valence-electron chi connectivity index (χ2n) is 7.04. The first-order valence-electron chi connectivity index (χ1n) is 10.1. The Morgan fingerprint density at radius 2 is 1.94 bits per heavy atom. The number of nitrogens with zero attached hydrogens (tertiary/aromatic N) is 3. The molecular formula is C24H22FN5O2. The average Bonchev–Trinajstić information content (AvgIpc) is 2.84. The van der Waals surface area contributed by atoms with E-state index in [4.69, 9.17) is 9.72 Å². The van der Waals surface area contributed by atoms with Gasteiger partial charge in [-0.15, -0.1) is 0 Å². The van der Waals surface area contributed by atoms with Crippen molar-refractivity contribution in [3.63, 3.8) is 0 Å². The van der Waals surface area contributed by atoms with Gasteiger partial charge in [-0.3, -0.25) is 9.78 Å². The summed E-state index contributed by atoms with van der Waals surface area (Å²) in [4.78, 5) is 25.2. The Morgan fingerprint density at radius 3 is 2.66 bits per heavy atom. The van der Waals surface area contributed by atoms with Gasteiger partial charge < -0.3 is 15.4 Å². The summed E-state index contributed by atoms with van der Waals surface area (Å²) in [5, 5.41) is 6.48. The fourth-order valence-corrected chi connectivity index (χ4v) is 3.39. The van der Waals surface area contributed by atoms with Gasteiger partial charge in [0, 0.05) is 48.9 Å². The Kier molecular flexibility index (Phi) is 6.21. The second-order valence-corrected chi connectivity index (χ2v) is 7.04. The zero-order valence-electron chi connectivity index (χ0n) is 17.7. The van der Waals surface area contributed by atoms with Crippen LogP contribution in [0.5, 0.6) is 5.75 Å². The van der Waals surface area contributed by atoms with Crippen molar-refractivity contribution in [3.8, 4) is 28.3 Å². The van der Waals surface area contributed by atoms with Gasteiger partial charge in [0.1, 0.15) is 22.9 Å². The zero-order chi connectivity index (χ0) is 22.5. The number of carbonyl (C=O) groups is 1. The van der Waals surface area contributed by atoms with Crippen LogP contribution in [0.15, 0.2) is 60.9 Å². The number of halogens is 1. The molecule has 0 radical (unpaired) electrons. The number of ether oxygens (including phenoxy) is 1. The second kappa shape index (κ2) is 9.38. The first kappa shape index (κ1) is 21.2. The lowest BCUT2D eigenvalue weighted by molar-refractivity contribution is -0.120. The van der Waals surface area contributed by atoms with Crippen LogP contribution < -0.4 is 15.4 Å². The number of rotatable bonds is 7. The van der Waals surface area contributed by atoms with E-state index in [9.17, 15) is 9.18 Å². The van der Waals surface area contributed by atoms with Gasteiger partial charge >= 0.3 is 0 Å². The predicted octanol–water partition coefficient (Wildman–Crippen LogP) is 4.05. The molecule has 0 saturated carbocycles. The van der Waals surface area contributed by atoms with Gasteiger partial charge in [-0.2, -0.15) is 0 Å². The number of benzene rings is 2. The molecule has 0 saturated heterocycles. The lowest BCUT2D eigenvalue weighted by Crippen LogP contribution is -2.21. The van der Waals surface area contributed by atoms with E-state index < -0.39 is 0 Å². The topological polar surface area (TPSA) is 89.0 Å². The van der Waals surface area contributed by atoms with E-state index in [1.54, 1.807) is 56.9 Å². The third-order valence-electron chi connectivity index (χ3n) is 5.01. The highest BCUT2D eigenvalue weighted by Crippen LogP contribution is 2.36. The summed E-state index contributed by atoms with van der Waals surface area (Å²) in [7, 11) is 3.14. The Bertz CT molecular complexity index is 1260. The number of pyridine rings is 1. The van der Waals surface area contributed by atoms with Gasteiger partial charge in [-0.05, 0) is 35.9 Å². The Labute approximate surface area is 184 Å². The van der Waals surface area contributed by atoms with Crippen LogP contribution >= 0.6 is 0 Å². The van der Waals surface area contributed by atoms with E-state index in [0.29, 0.717) is 46.0 Å². The van der Waals surface area contributed by atoms with E-state index in [0.717, 1.165) is 5.56 Å². The van der Waals surface area contributed by atoms with E-state index in [1.807, 2.05) is 12.1 Å². The summed E-state index contributed by atoms with van der Waals surface area (Å²) in [5.74, 6) is 1.05. The molecule has 2 aromatic heterocycles. The number of amides is 1. The molecule has 162 valence electrons. The summed E-state index contributed by atoms with van der Waals surface area (Å²) in [6, 6.07) is 13.8. The summed E-state index contributed by atoms with van der Waals surface area (Å²) in [6.45, 7) is 0.366. The van der Waals surface area contributed by atoms with Gasteiger partial charge in [0.25, 0.3) is 0 Å². The van der Waals surface area contributed by atoms with Crippen LogP contribution in [0.2, 0.25) is 0 Å². The van der Waals surface area contributed by atoms with E-state index >= 15 is 0 Å². The first-order valence-corrected chi connectivity index (χ1v) is 10.1. The van der Waals surface area contributed by atoms with Crippen molar-refractivity contribution >= 4 is 22.6 Å². The number of nitrogens with one attached hydrogen (secondary N) is 2. The quantitative estimate of drug-likeness (QED) is 0.459. The monoisotopic (exact) mass is 431 g/mol. The molecule has 0 fully saturated rings. The van der Waals surface area contributed by atoms with Crippen LogP contribution in [-0.4, -0.2) is 41.6 Å². The zero-order valence-corrected chi connectivity index (χ0v) is 17.7. The molecule has 2 heterocycles. The number of carbonyl (C=O) groups excluding carboxylic acids is 1. The summed E-state index contributed by atoms with van der Waals surface area (Å²) < 4.78 is 20.1. The molecule has 1 amide bonds. The minimum Gasteiger partial charge on any atom is -0.494 e. The number of anilines is 1. The fraction of sp³-hybridized carbons (Fsp3) is 0.167. The third kappa shape index (κ3) is 4.34. The molecular weight excluding hydrogens is 409 g/mol. The van der Waals surface area contributed by atoms with Gasteiger partial charge in [0.2, 0.25) is 5.91 Å². The normalized spacial score (nSPS) is 10.7. The van der Waals surface area contributed by atoms with Crippen molar-refractivity contribution < 1.29 is 13.9 Å². The van der Waals surface area contributed by atoms with Crippen molar-refractivity contribution in [2.45, 2.75) is 6.42 Å². The van der Waals surface area contributed by atoms with Crippen LogP contribution in [0.25, 0.3) is 33.4 Å². The van der Waals surface area contributed by atoms with Crippen molar-refractivity contribution in [2.75, 3.05) is 26.0 Å². The minimum atomic E-state index is -0.337. The van der Waals surface area contributed by atoms with E-state index in [-0.39, 0.29) is 18.1 Å². The average molecular weight is 431 g/mol. The maximum atomic E-state index is 14.5. The summed E-state index contributed by atoms with van der Waals surface area (Å²) in [6.07, 6.45) is 3.62. The van der Waals surface area contributed by atoms with Gasteiger partial charge in [-0.25, -0.2) is 14.4 Å². The highest BCUT2D eigenvalue weighted by Gasteiger charge is 2.17. The lowest BCUT2D eigenvalue weighted by atomic mass is 10.0. The fourth-order valence-electron chi connectivity index (χ4n) is 3.39. The predicted molar refractivity (Wildman–Crippen MR) is 122 cm³/mol. The number of fused-ring (bicyclic) bond motifs is 1. The molecule has 0 spiro atoms. The smallest absolute Gasteiger partial charge is 0.221 e. The number of hydrogen-bond donors (Lipinski definition) is 2. The van der Waals surface area contributed by atoms with Gasteiger partial charge in [0.05, 0.1) is 7.11 Å². The van der Waals surface area contributed by atoms with Gasteiger partial charge in [0.15, 0.2) is 5.82 Å². The number of hydrogen-bond acceptors (Lipinski definition) is 6. The highest BCUT2D eigenvalue weighted by atomic mass is 19.1. The third-order valence-corrected chi connectivity index (χ3v) is 5.01. The lowest BCUT2D eigenvalue weighted by Gasteiger charge is -2.15. The molecule has 32 heavy (non-hydrogen) atoms. The van der Waals surface area contributed by atoms with Crippen LogP contribution in [0.4, 0.5) is 10.2 Å². The van der Waals surface area contributed by atoms with Crippen LogP contribution in [0, 0.1) is 5.82 Å². The molecule has 4 rings (SSSR count). The Hall–Kier alpha value is -4.07. The van der Waals surface area contributed by atoms with Crippen LogP contribution in [-0.2, 0) is 4.79 Å². The molecule has 8 heteroatoms. The molecule has 0 bridgehead atoms. The maximum Gasteiger partial charge on any atom is 0.221 e. The standard InChI is InChI=1S/C24H22FN5O2/c1-26-21(31)9-11-28-24-18-12-16(17-7-3-4-8-19(17)25)13-20(32-2)22(18)29-23(30-24)15-6-5-10-27-14-15/h3-8,10,12-14H,9,11H2,1-2H3,(H,26,31)(H,28,29,30). The van der Waals surface area contributed by atoms with E-state index in [2.05, 4.69) is 20.6 Å². The molecule has 0 unspecified atom stereocenters. The molecule has 7 nitrogen and oxygen atoms in total. The summed E-state index contributed by atoms with van der Waals surface area (Å²) in [5.41, 5.74) is 2.40. The molecule has 0 atom stereocenters. The first-order chi connectivity index (χ1) is 15.6. The molecule has 2 N–H and O–H groups in total. The summed E-state index contributed by atoms with van der Waals surface area (Å²) >= 11 is 0.